The molecule has 116 valence electrons. The Hall–Kier alpha value is -0.160. The average molecular weight is 282 g/mol. The van der Waals surface area contributed by atoms with Gasteiger partial charge in [-0.15, -0.1) is 0 Å². The fourth-order valence-corrected chi connectivity index (χ4v) is 4.15. The highest BCUT2D eigenvalue weighted by molar-refractivity contribution is 4.95. The average Bonchev–Trinajstić information content (AvgIpc) is 2.45. The van der Waals surface area contributed by atoms with Crippen LogP contribution < -0.4 is 5.32 Å². The third-order valence-electron chi connectivity index (χ3n) is 5.30. The molecule has 4 heteroatoms. The van der Waals surface area contributed by atoms with Gasteiger partial charge in [-0.1, -0.05) is 6.42 Å². The highest BCUT2D eigenvalue weighted by Gasteiger charge is 2.39. The molecule has 0 radical (unpaired) electrons. The maximum Gasteiger partial charge on any atom is 0.0933 e. The van der Waals surface area contributed by atoms with Gasteiger partial charge in [0.15, 0.2) is 0 Å². The van der Waals surface area contributed by atoms with E-state index in [0.29, 0.717) is 12.1 Å². The Labute approximate surface area is 123 Å². The number of piperidine rings is 1. The van der Waals surface area contributed by atoms with Crippen molar-refractivity contribution in [2.24, 2.45) is 11.8 Å². The van der Waals surface area contributed by atoms with Gasteiger partial charge in [0, 0.05) is 31.7 Å². The highest BCUT2D eigenvalue weighted by Crippen LogP contribution is 2.35. The Morgan fingerprint density at radius 1 is 1.15 bits per heavy atom. The number of hydrogen-bond acceptors (Lipinski definition) is 4. The Morgan fingerprint density at radius 2 is 1.90 bits per heavy atom. The summed E-state index contributed by atoms with van der Waals surface area (Å²) in [6.07, 6.45) is 4.45. The first-order chi connectivity index (χ1) is 9.74. The molecular formula is C16H30N2O2. The van der Waals surface area contributed by atoms with Crippen LogP contribution in [0.2, 0.25) is 0 Å². The summed E-state index contributed by atoms with van der Waals surface area (Å²) in [5.41, 5.74) is 0. The van der Waals surface area contributed by atoms with Crippen molar-refractivity contribution in [3.8, 4) is 0 Å². The third-order valence-corrected chi connectivity index (χ3v) is 5.30. The van der Waals surface area contributed by atoms with E-state index in [2.05, 4.69) is 24.1 Å². The summed E-state index contributed by atoms with van der Waals surface area (Å²) in [4.78, 5) is 2.67. The molecule has 2 saturated heterocycles. The topological polar surface area (TPSA) is 33.7 Å². The Balaban J connectivity index is 1.53. The molecule has 3 atom stereocenters. The van der Waals surface area contributed by atoms with Gasteiger partial charge >= 0.3 is 0 Å². The quantitative estimate of drug-likeness (QED) is 0.847. The lowest BCUT2D eigenvalue weighted by atomic mass is 9.73. The van der Waals surface area contributed by atoms with Gasteiger partial charge in [0.05, 0.1) is 25.9 Å². The van der Waals surface area contributed by atoms with Crippen LogP contribution in [-0.4, -0.2) is 62.5 Å². The number of ether oxygens (including phenoxy) is 2. The van der Waals surface area contributed by atoms with Gasteiger partial charge in [-0.25, -0.2) is 0 Å². The molecule has 1 saturated carbocycles. The number of rotatable bonds is 4. The van der Waals surface area contributed by atoms with Gasteiger partial charge < -0.3 is 19.7 Å². The van der Waals surface area contributed by atoms with E-state index in [1.807, 2.05) is 0 Å². The Kier molecular flexibility index (Phi) is 4.97. The number of fused-ring (bicyclic) bond motifs is 2. The van der Waals surface area contributed by atoms with Crippen LogP contribution >= 0.6 is 0 Å². The van der Waals surface area contributed by atoms with Gasteiger partial charge in [-0.2, -0.15) is 0 Å². The molecule has 0 aromatic rings. The molecule has 3 aliphatic rings. The fourth-order valence-electron chi connectivity index (χ4n) is 4.15. The van der Waals surface area contributed by atoms with E-state index in [1.54, 1.807) is 0 Å². The molecular weight excluding hydrogens is 252 g/mol. The van der Waals surface area contributed by atoms with Crippen LogP contribution in [0.15, 0.2) is 0 Å². The van der Waals surface area contributed by atoms with Crippen LogP contribution in [0.25, 0.3) is 0 Å². The summed E-state index contributed by atoms with van der Waals surface area (Å²) in [7, 11) is 0. The smallest absolute Gasteiger partial charge is 0.0933 e. The SMILES string of the molecule is CC(C)N1CC2CCCC(C1)C2NCC1COCCO1. The molecule has 20 heavy (non-hydrogen) atoms. The normalized spacial score (nSPS) is 39.1. The second-order valence-electron chi connectivity index (χ2n) is 7.00. The van der Waals surface area contributed by atoms with E-state index < -0.39 is 0 Å². The van der Waals surface area contributed by atoms with Crippen LogP contribution in [-0.2, 0) is 9.47 Å². The number of hydrogen-bond donors (Lipinski definition) is 1. The lowest BCUT2D eigenvalue weighted by Crippen LogP contribution is -2.59. The first-order valence-electron chi connectivity index (χ1n) is 8.41. The predicted molar refractivity (Wildman–Crippen MR) is 79.9 cm³/mol. The predicted octanol–water partition coefficient (Wildman–Crippen LogP) is 1.50. The van der Waals surface area contributed by atoms with Gasteiger partial charge in [-0.3, -0.25) is 0 Å². The zero-order chi connectivity index (χ0) is 13.9. The number of likely N-dealkylation sites (tertiary alicyclic amines) is 1. The molecule has 0 aromatic heterocycles. The summed E-state index contributed by atoms with van der Waals surface area (Å²) < 4.78 is 11.2. The van der Waals surface area contributed by atoms with Crippen molar-refractivity contribution in [3.63, 3.8) is 0 Å². The van der Waals surface area contributed by atoms with Crippen LogP contribution in [0.5, 0.6) is 0 Å². The highest BCUT2D eigenvalue weighted by atomic mass is 16.6. The van der Waals surface area contributed by atoms with E-state index >= 15 is 0 Å². The molecule has 1 aliphatic carbocycles. The van der Waals surface area contributed by atoms with Gasteiger partial charge in [0.25, 0.3) is 0 Å². The Bertz CT molecular complexity index is 291. The monoisotopic (exact) mass is 282 g/mol. The summed E-state index contributed by atoms with van der Waals surface area (Å²) in [6, 6.07) is 1.39. The van der Waals surface area contributed by atoms with Crippen LogP contribution in [0.1, 0.15) is 33.1 Å². The minimum atomic E-state index is 0.257. The van der Waals surface area contributed by atoms with Gasteiger partial charge in [-0.05, 0) is 38.5 Å². The summed E-state index contributed by atoms with van der Waals surface area (Å²) in [5, 5.41) is 3.82. The summed E-state index contributed by atoms with van der Waals surface area (Å²) in [5.74, 6) is 1.66. The van der Waals surface area contributed by atoms with Crippen molar-refractivity contribution in [3.05, 3.63) is 0 Å². The minimum Gasteiger partial charge on any atom is -0.376 e. The zero-order valence-electron chi connectivity index (χ0n) is 13.0. The van der Waals surface area contributed by atoms with E-state index in [4.69, 9.17) is 9.47 Å². The third kappa shape index (κ3) is 3.35. The van der Waals surface area contributed by atoms with E-state index in [-0.39, 0.29) is 6.10 Å². The van der Waals surface area contributed by atoms with E-state index in [0.717, 1.165) is 38.2 Å². The molecule has 2 bridgehead atoms. The van der Waals surface area contributed by atoms with Gasteiger partial charge in [0.1, 0.15) is 0 Å². The van der Waals surface area contributed by atoms with Crippen molar-refractivity contribution < 1.29 is 9.47 Å². The molecule has 3 rings (SSSR count). The second-order valence-corrected chi connectivity index (χ2v) is 7.00. The standard InChI is InChI=1S/C16H30N2O2/c1-12(2)18-9-13-4-3-5-14(10-18)16(13)17-8-15-11-19-6-7-20-15/h12-17H,3-11H2,1-2H3. The summed E-state index contributed by atoms with van der Waals surface area (Å²) >= 11 is 0. The van der Waals surface area contributed by atoms with Gasteiger partial charge in [0.2, 0.25) is 0 Å². The number of nitrogens with one attached hydrogen (secondary N) is 1. The fraction of sp³-hybridized carbons (Fsp3) is 1.00. The molecule has 2 aliphatic heterocycles. The van der Waals surface area contributed by atoms with Crippen molar-refractivity contribution in [1.29, 1.82) is 0 Å². The molecule has 3 fully saturated rings. The van der Waals surface area contributed by atoms with Crippen LogP contribution in [0, 0.1) is 11.8 Å². The largest absolute Gasteiger partial charge is 0.376 e. The Morgan fingerprint density at radius 3 is 2.50 bits per heavy atom. The molecule has 3 unspecified atom stereocenters. The lowest BCUT2D eigenvalue weighted by molar-refractivity contribution is -0.0899. The maximum atomic E-state index is 5.75. The molecule has 0 amide bonds. The van der Waals surface area contributed by atoms with Crippen molar-refractivity contribution in [1.82, 2.24) is 10.2 Å². The lowest BCUT2D eigenvalue weighted by Gasteiger charge is -2.49. The van der Waals surface area contributed by atoms with Crippen molar-refractivity contribution in [2.75, 3.05) is 39.5 Å². The first kappa shape index (κ1) is 14.8. The van der Waals surface area contributed by atoms with Crippen molar-refractivity contribution >= 4 is 0 Å². The number of nitrogens with zero attached hydrogens (tertiary/aromatic N) is 1. The zero-order valence-corrected chi connectivity index (χ0v) is 13.0. The van der Waals surface area contributed by atoms with E-state index in [9.17, 15) is 0 Å². The molecule has 0 spiro atoms. The molecule has 1 N–H and O–H groups in total. The van der Waals surface area contributed by atoms with Crippen LogP contribution in [0.4, 0.5) is 0 Å². The minimum absolute atomic E-state index is 0.257. The maximum absolute atomic E-state index is 5.75. The first-order valence-corrected chi connectivity index (χ1v) is 8.41. The molecule has 0 aromatic carbocycles. The molecule has 4 nitrogen and oxygen atoms in total. The van der Waals surface area contributed by atoms with Crippen molar-refractivity contribution in [2.45, 2.75) is 51.3 Å². The van der Waals surface area contributed by atoms with E-state index in [1.165, 1.54) is 32.4 Å². The second kappa shape index (κ2) is 6.73. The van der Waals surface area contributed by atoms with Crippen LogP contribution in [0.3, 0.4) is 0 Å². The summed E-state index contributed by atoms with van der Waals surface area (Å²) in [6.45, 7) is 10.4. The molecule has 2 heterocycles.